The molecule has 0 saturated carbocycles. The van der Waals surface area contributed by atoms with Crippen LogP contribution in [0.1, 0.15) is 42.6 Å². The average Bonchev–Trinajstić information content (AvgIpc) is 3.31. The minimum Gasteiger partial charge on any atom is -0.279 e. The molecule has 8 heteroatoms. The Bertz CT molecular complexity index is 1350. The maximum absolute atomic E-state index is 13.7. The highest BCUT2D eigenvalue weighted by Crippen LogP contribution is 2.31. The van der Waals surface area contributed by atoms with Crippen molar-refractivity contribution in [2.24, 2.45) is 0 Å². The highest BCUT2D eigenvalue weighted by Gasteiger charge is 2.25. The molecule has 3 aromatic carbocycles. The van der Waals surface area contributed by atoms with E-state index in [2.05, 4.69) is 0 Å². The van der Waals surface area contributed by atoms with Gasteiger partial charge in [0.2, 0.25) is 10.0 Å². The normalized spacial score (nSPS) is 11.7. The topological polar surface area (TPSA) is 70.6 Å². The van der Waals surface area contributed by atoms with Gasteiger partial charge in [-0.2, -0.15) is 4.31 Å². The summed E-state index contributed by atoms with van der Waals surface area (Å²) in [5.41, 5.74) is 2.23. The van der Waals surface area contributed by atoms with E-state index in [4.69, 9.17) is 4.98 Å². The molecule has 0 bridgehead atoms. The smallest absolute Gasteiger partial charge is 0.260 e. The third-order valence-electron chi connectivity index (χ3n) is 5.63. The van der Waals surface area contributed by atoms with Crippen LogP contribution < -0.4 is 4.90 Å². The Hall–Kier alpha value is -3.07. The van der Waals surface area contributed by atoms with Gasteiger partial charge in [0, 0.05) is 18.7 Å². The zero-order valence-corrected chi connectivity index (χ0v) is 21.6. The van der Waals surface area contributed by atoms with Crippen molar-refractivity contribution < 1.29 is 13.2 Å². The molecule has 4 rings (SSSR count). The van der Waals surface area contributed by atoms with E-state index in [1.165, 1.54) is 27.8 Å². The quantitative estimate of drug-likeness (QED) is 0.266. The van der Waals surface area contributed by atoms with Gasteiger partial charge in [0.15, 0.2) is 5.13 Å². The molecule has 35 heavy (non-hydrogen) atoms. The molecule has 0 spiro atoms. The first-order valence-electron chi connectivity index (χ1n) is 11.8. The summed E-state index contributed by atoms with van der Waals surface area (Å²) >= 11 is 1.46. The molecule has 1 amide bonds. The second-order valence-electron chi connectivity index (χ2n) is 8.27. The monoisotopic (exact) mass is 507 g/mol. The molecular weight excluding hydrogens is 478 g/mol. The lowest BCUT2D eigenvalue weighted by Gasteiger charge is -2.22. The number of carbonyl (C=O) groups excluding carboxylic acids is 1. The van der Waals surface area contributed by atoms with Crippen LogP contribution in [0.5, 0.6) is 0 Å². The fourth-order valence-corrected chi connectivity index (χ4v) is 6.48. The minimum atomic E-state index is -3.61. The summed E-state index contributed by atoms with van der Waals surface area (Å²) < 4.78 is 28.7. The molecule has 0 N–H and O–H groups in total. The molecule has 1 aromatic heterocycles. The Morgan fingerprint density at radius 2 is 1.49 bits per heavy atom. The van der Waals surface area contributed by atoms with Crippen LogP contribution in [0, 0.1) is 0 Å². The van der Waals surface area contributed by atoms with Gasteiger partial charge in [0.1, 0.15) is 0 Å². The average molecular weight is 508 g/mol. The number of rotatable bonds is 10. The molecule has 1 heterocycles. The van der Waals surface area contributed by atoms with Gasteiger partial charge in [-0.05, 0) is 54.8 Å². The molecule has 4 aromatic rings. The maximum atomic E-state index is 13.7. The predicted molar refractivity (Wildman–Crippen MR) is 142 cm³/mol. The van der Waals surface area contributed by atoms with Crippen molar-refractivity contribution in [2.75, 3.05) is 18.0 Å². The number of hydrogen-bond donors (Lipinski definition) is 0. The van der Waals surface area contributed by atoms with Crippen LogP contribution in [0.3, 0.4) is 0 Å². The number of amides is 1. The highest BCUT2D eigenvalue weighted by atomic mass is 32.2. The summed E-state index contributed by atoms with van der Waals surface area (Å²) in [6.07, 6.45) is 1.48. The first kappa shape index (κ1) is 25.0. The first-order valence-corrected chi connectivity index (χ1v) is 14.0. The lowest BCUT2D eigenvalue weighted by molar-refractivity contribution is 0.0985. The first-order chi connectivity index (χ1) is 16.9. The largest absolute Gasteiger partial charge is 0.279 e. The zero-order valence-electron chi connectivity index (χ0n) is 19.9. The van der Waals surface area contributed by atoms with Crippen molar-refractivity contribution in [3.05, 3.63) is 90.0 Å². The van der Waals surface area contributed by atoms with Crippen LogP contribution in [0.4, 0.5) is 5.13 Å². The molecule has 0 radical (unpaired) electrons. The van der Waals surface area contributed by atoms with E-state index in [1.54, 1.807) is 17.0 Å². The van der Waals surface area contributed by atoms with E-state index in [0.717, 1.165) is 28.6 Å². The van der Waals surface area contributed by atoms with Crippen molar-refractivity contribution in [3.63, 3.8) is 0 Å². The van der Waals surface area contributed by atoms with Crippen LogP contribution in [-0.2, 0) is 16.6 Å². The molecule has 6 nitrogen and oxygen atoms in total. The lowest BCUT2D eigenvalue weighted by atomic mass is 10.1. The molecule has 0 unspecified atom stereocenters. The molecule has 0 aliphatic rings. The number of hydrogen-bond acceptors (Lipinski definition) is 5. The van der Waals surface area contributed by atoms with Crippen molar-refractivity contribution in [2.45, 2.75) is 38.1 Å². The minimum absolute atomic E-state index is 0.200. The van der Waals surface area contributed by atoms with Crippen molar-refractivity contribution >= 4 is 42.6 Å². The molecule has 0 saturated heterocycles. The van der Waals surface area contributed by atoms with Gasteiger partial charge in [-0.15, -0.1) is 0 Å². The van der Waals surface area contributed by atoms with Crippen LogP contribution in [-0.4, -0.2) is 36.7 Å². The number of aromatic nitrogens is 1. The van der Waals surface area contributed by atoms with E-state index in [9.17, 15) is 13.2 Å². The number of benzene rings is 3. The van der Waals surface area contributed by atoms with Gasteiger partial charge in [0.05, 0.1) is 21.7 Å². The van der Waals surface area contributed by atoms with Crippen molar-refractivity contribution in [3.8, 4) is 0 Å². The van der Waals surface area contributed by atoms with Crippen LogP contribution in [0.2, 0.25) is 0 Å². The van der Waals surface area contributed by atoms with Crippen LogP contribution in [0.25, 0.3) is 10.2 Å². The number of fused-ring (bicyclic) bond motifs is 1. The second kappa shape index (κ2) is 11.1. The van der Waals surface area contributed by atoms with Crippen molar-refractivity contribution in [1.29, 1.82) is 0 Å². The number of carbonyl (C=O) groups is 1. The molecule has 0 fully saturated rings. The van der Waals surface area contributed by atoms with Gasteiger partial charge in [-0.25, -0.2) is 13.4 Å². The van der Waals surface area contributed by atoms with Gasteiger partial charge in [-0.3, -0.25) is 9.69 Å². The Balaban J connectivity index is 1.66. The van der Waals surface area contributed by atoms with Crippen molar-refractivity contribution in [1.82, 2.24) is 9.29 Å². The summed E-state index contributed by atoms with van der Waals surface area (Å²) in [4.78, 5) is 20.2. The molecule has 0 aliphatic heterocycles. The van der Waals surface area contributed by atoms with Gasteiger partial charge in [0.25, 0.3) is 5.91 Å². The molecular formula is C27H29N3O3S2. The third kappa shape index (κ3) is 5.61. The fourth-order valence-electron chi connectivity index (χ4n) is 3.89. The highest BCUT2D eigenvalue weighted by molar-refractivity contribution is 7.89. The fraction of sp³-hybridized carbons (Fsp3) is 0.259. The number of anilines is 1. The summed E-state index contributed by atoms with van der Waals surface area (Å²) in [6, 6.07) is 23.8. The summed E-state index contributed by atoms with van der Waals surface area (Å²) in [5.74, 6) is -0.226. The zero-order chi connectivity index (χ0) is 24.8. The van der Waals surface area contributed by atoms with E-state index in [-0.39, 0.29) is 10.8 Å². The second-order valence-corrected chi connectivity index (χ2v) is 11.2. The Labute approximate surface area is 210 Å². The van der Waals surface area contributed by atoms with Gasteiger partial charge >= 0.3 is 0 Å². The van der Waals surface area contributed by atoms with Gasteiger partial charge in [-0.1, -0.05) is 67.6 Å². The van der Waals surface area contributed by atoms with Crippen LogP contribution in [0.15, 0.2) is 83.8 Å². The van der Waals surface area contributed by atoms with Gasteiger partial charge < -0.3 is 0 Å². The van der Waals surface area contributed by atoms with E-state index in [1.807, 2.05) is 68.4 Å². The SMILES string of the molecule is CCCN(CCC)S(=O)(=O)c1ccc(C(=O)N(Cc2ccccc2)c2nc3ccccc3s2)cc1. The maximum Gasteiger partial charge on any atom is 0.260 e. The number of para-hydroxylation sites is 1. The lowest BCUT2D eigenvalue weighted by Crippen LogP contribution is -2.33. The predicted octanol–water partition coefficient (Wildman–Crippen LogP) is 5.95. The summed E-state index contributed by atoms with van der Waals surface area (Å²) in [7, 11) is -3.61. The summed E-state index contributed by atoms with van der Waals surface area (Å²) in [6.45, 7) is 5.23. The third-order valence-corrected chi connectivity index (χ3v) is 8.60. The number of thiazole rings is 1. The Kier molecular flexibility index (Phi) is 7.95. The molecule has 0 atom stereocenters. The van der Waals surface area contributed by atoms with E-state index >= 15 is 0 Å². The standard InChI is InChI=1S/C27H29N3O3S2/c1-3-18-29(19-4-2)35(32,33)23-16-14-22(15-17-23)26(31)30(20-21-10-6-5-7-11-21)27-28-24-12-8-9-13-25(24)34-27/h5-17H,3-4,18-20H2,1-2H3. The van der Waals surface area contributed by atoms with Crippen LogP contribution >= 0.6 is 11.3 Å². The van der Waals surface area contributed by atoms with E-state index < -0.39 is 10.0 Å². The Morgan fingerprint density at radius 3 is 2.11 bits per heavy atom. The molecule has 0 aliphatic carbocycles. The number of sulfonamides is 1. The number of nitrogens with zero attached hydrogens (tertiary/aromatic N) is 3. The molecule has 182 valence electrons. The Morgan fingerprint density at radius 1 is 0.857 bits per heavy atom. The van der Waals surface area contributed by atoms with E-state index in [0.29, 0.717) is 30.3 Å². The summed E-state index contributed by atoms with van der Waals surface area (Å²) in [5, 5.41) is 0.605.